The maximum atomic E-state index is 4.66. The van der Waals surface area contributed by atoms with Crippen molar-refractivity contribution in [3.8, 4) is 0 Å². The summed E-state index contributed by atoms with van der Waals surface area (Å²) in [7, 11) is 2.25. The zero-order chi connectivity index (χ0) is 14.0. The standard InChI is InChI=1S/C16H35NS/c1-6-7-10-15(18)11-8-13-17(5)14-9-12-16(2,3)4/h15,18H,6-14H2,1-5H3. The minimum Gasteiger partial charge on any atom is -0.306 e. The predicted molar refractivity (Wildman–Crippen MR) is 87.7 cm³/mol. The summed E-state index contributed by atoms with van der Waals surface area (Å²) in [5, 5.41) is 0.618. The topological polar surface area (TPSA) is 3.24 Å². The number of hydrogen-bond donors (Lipinski definition) is 1. The molecule has 2 heteroatoms. The zero-order valence-corrected chi connectivity index (χ0v) is 14.2. The largest absolute Gasteiger partial charge is 0.306 e. The van der Waals surface area contributed by atoms with E-state index >= 15 is 0 Å². The van der Waals surface area contributed by atoms with E-state index in [2.05, 4.69) is 52.3 Å². The summed E-state index contributed by atoms with van der Waals surface area (Å²) in [4.78, 5) is 2.48. The van der Waals surface area contributed by atoms with Crippen LogP contribution in [0.1, 0.15) is 72.6 Å². The molecule has 0 rings (SSSR count). The first-order chi connectivity index (χ1) is 8.35. The van der Waals surface area contributed by atoms with Crippen LogP contribution >= 0.6 is 12.6 Å². The van der Waals surface area contributed by atoms with Gasteiger partial charge < -0.3 is 4.90 Å². The van der Waals surface area contributed by atoms with E-state index in [1.165, 1.54) is 58.0 Å². The lowest BCUT2D eigenvalue weighted by Crippen LogP contribution is -2.22. The highest BCUT2D eigenvalue weighted by atomic mass is 32.1. The molecule has 0 aromatic rings. The molecule has 0 aromatic carbocycles. The highest BCUT2D eigenvalue weighted by molar-refractivity contribution is 7.80. The van der Waals surface area contributed by atoms with Crippen LogP contribution in [0, 0.1) is 5.41 Å². The quantitative estimate of drug-likeness (QED) is 0.547. The summed E-state index contributed by atoms with van der Waals surface area (Å²) in [5.74, 6) is 0. The van der Waals surface area contributed by atoms with Gasteiger partial charge in [0.05, 0.1) is 0 Å². The molecular weight excluding hydrogens is 238 g/mol. The lowest BCUT2D eigenvalue weighted by molar-refractivity contribution is 0.283. The van der Waals surface area contributed by atoms with Crippen molar-refractivity contribution in [2.45, 2.75) is 77.9 Å². The molecule has 0 saturated carbocycles. The van der Waals surface area contributed by atoms with Crippen molar-refractivity contribution in [2.24, 2.45) is 5.41 Å². The van der Waals surface area contributed by atoms with Crippen LogP contribution in [0.4, 0.5) is 0 Å². The maximum absolute atomic E-state index is 4.66. The van der Waals surface area contributed by atoms with E-state index in [-0.39, 0.29) is 0 Å². The molecule has 1 atom stereocenters. The van der Waals surface area contributed by atoms with Crippen LogP contribution in [-0.4, -0.2) is 30.3 Å². The van der Waals surface area contributed by atoms with Crippen LogP contribution in [0.25, 0.3) is 0 Å². The molecule has 1 unspecified atom stereocenters. The molecule has 0 aliphatic carbocycles. The first-order valence-electron chi connectivity index (χ1n) is 7.72. The Morgan fingerprint density at radius 1 is 1.00 bits per heavy atom. The molecule has 0 heterocycles. The molecule has 0 N–H and O–H groups in total. The van der Waals surface area contributed by atoms with Crippen molar-refractivity contribution in [3.63, 3.8) is 0 Å². The van der Waals surface area contributed by atoms with Crippen LogP contribution in [0.5, 0.6) is 0 Å². The Hall–Kier alpha value is 0.310. The molecule has 110 valence electrons. The second kappa shape index (κ2) is 10.1. The third kappa shape index (κ3) is 12.8. The van der Waals surface area contributed by atoms with Crippen molar-refractivity contribution >= 4 is 12.6 Å². The lowest BCUT2D eigenvalue weighted by Gasteiger charge is -2.22. The third-order valence-electron chi connectivity index (χ3n) is 3.43. The lowest BCUT2D eigenvalue weighted by atomic mass is 9.90. The molecule has 0 aliphatic heterocycles. The maximum Gasteiger partial charge on any atom is 0.00172 e. The van der Waals surface area contributed by atoms with Gasteiger partial charge in [-0.05, 0) is 57.7 Å². The fourth-order valence-electron chi connectivity index (χ4n) is 2.17. The van der Waals surface area contributed by atoms with Crippen LogP contribution < -0.4 is 0 Å². The number of thiol groups is 1. The molecule has 0 fully saturated rings. The summed E-state index contributed by atoms with van der Waals surface area (Å²) < 4.78 is 0. The van der Waals surface area contributed by atoms with Gasteiger partial charge in [0.2, 0.25) is 0 Å². The minimum absolute atomic E-state index is 0.483. The fourth-order valence-corrected chi connectivity index (χ4v) is 2.54. The van der Waals surface area contributed by atoms with E-state index in [0.29, 0.717) is 10.7 Å². The van der Waals surface area contributed by atoms with E-state index in [9.17, 15) is 0 Å². The van der Waals surface area contributed by atoms with Gasteiger partial charge in [-0.1, -0.05) is 40.5 Å². The number of rotatable bonds is 10. The van der Waals surface area contributed by atoms with Gasteiger partial charge in [0.1, 0.15) is 0 Å². The Bertz CT molecular complexity index is 186. The Morgan fingerprint density at radius 3 is 2.11 bits per heavy atom. The number of unbranched alkanes of at least 4 members (excludes halogenated alkanes) is 1. The first kappa shape index (κ1) is 18.3. The predicted octanol–water partition coefficient (Wildman–Crippen LogP) is 5.01. The van der Waals surface area contributed by atoms with Crippen molar-refractivity contribution in [1.29, 1.82) is 0 Å². The van der Waals surface area contributed by atoms with Crippen LogP contribution in [0.2, 0.25) is 0 Å². The van der Waals surface area contributed by atoms with E-state index in [4.69, 9.17) is 0 Å². The summed E-state index contributed by atoms with van der Waals surface area (Å²) >= 11 is 4.66. The SMILES string of the molecule is CCCCC(S)CCCN(C)CCCC(C)(C)C. The van der Waals surface area contributed by atoms with Gasteiger partial charge in [-0.3, -0.25) is 0 Å². The fraction of sp³-hybridized carbons (Fsp3) is 1.00. The molecule has 1 nitrogen and oxygen atoms in total. The average molecular weight is 274 g/mol. The summed E-state index contributed by atoms with van der Waals surface area (Å²) in [6.45, 7) is 11.7. The molecule has 0 amide bonds. The molecule has 0 spiro atoms. The van der Waals surface area contributed by atoms with E-state index in [1.54, 1.807) is 0 Å². The van der Waals surface area contributed by atoms with Gasteiger partial charge in [-0.15, -0.1) is 0 Å². The van der Waals surface area contributed by atoms with Gasteiger partial charge in [0, 0.05) is 5.25 Å². The molecule has 0 radical (unpaired) electrons. The molecule has 0 aromatic heterocycles. The monoisotopic (exact) mass is 273 g/mol. The highest BCUT2D eigenvalue weighted by Crippen LogP contribution is 2.20. The van der Waals surface area contributed by atoms with Gasteiger partial charge in [0.15, 0.2) is 0 Å². The molecule has 0 aliphatic rings. The Balaban J connectivity index is 3.44. The summed E-state index contributed by atoms with van der Waals surface area (Å²) in [5.41, 5.74) is 0.483. The Morgan fingerprint density at radius 2 is 1.56 bits per heavy atom. The van der Waals surface area contributed by atoms with Crippen molar-refractivity contribution in [2.75, 3.05) is 20.1 Å². The van der Waals surface area contributed by atoms with Gasteiger partial charge in [0.25, 0.3) is 0 Å². The second-order valence-corrected chi connectivity index (χ2v) is 7.64. The van der Waals surface area contributed by atoms with Crippen molar-refractivity contribution in [1.82, 2.24) is 4.90 Å². The zero-order valence-electron chi connectivity index (χ0n) is 13.3. The van der Waals surface area contributed by atoms with E-state index in [0.717, 1.165) is 0 Å². The third-order valence-corrected chi connectivity index (χ3v) is 3.95. The van der Waals surface area contributed by atoms with Gasteiger partial charge in [-0.2, -0.15) is 12.6 Å². The van der Waals surface area contributed by atoms with Crippen molar-refractivity contribution in [3.05, 3.63) is 0 Å². The number of nitrogens with zero attached hydrogens (tertiary/aromatic N) is 1. The Labute approximate surface area is 121 Å². The molecule has 0 saturated heterocycles. The first-order valence-corrected chi connectivity index (χ1v) is 8.23. The molecule has 18 heavy (non-hydrogen) atoms. The summed E-state index contributed by atoms with van der Waals surface area (Å²) in [6, 6.07) is 0. The van der Waals surface area contributed by atoms with Gasteiger partial charge in [-0.25, -0.2) is 0 Å². The number of hydrogen-bond acceptors (Lipinski definition) is 2. The van der Waals surface area contributed by atoms with Crippen molar-refractivity contribution < 1.29 is 0 Å². The Kier molecular flexibility index (Phi) is 10.3. The van der Waals surface area contributed by atoms with E-state index in [1.807, 2.05) is 0 Å². The van der Waals surface area contributed by atoms with E-state index < -0.39 is 0 Å². The smallest absolute Gasteiger partial charge is 0.00172 e. The summed E-state index contributed by atoms with van der Waals surface area (Å²) in [6.07, 6.45) is 9.12. The molecule has 0 bridgehead atoms. The second-order valence-electron chi connectivity index (χ2n) is 6.91. The average Bonchev–Trinajstić information content (AvgIpc) is 2.24. The normalized spacial score (nSPS) is 14.2. The van der Waals surface area contributed by atoms with Gasteiger partial charge >= 0.3 is 0 Å². The van der Waals surface area contributed by atoms with Crippen LogP contribution in [0.15, 0.2) is 0 Å². The highest BCUT2D eigenvalue weighted by Gasteiger charge is 2.10. The minimum atomic E-state index is 0.483. The molecular formula is C16H35NS. The van der Waals surface area contributed by atoms with Crippen LogP contribution in [0.3, 0.4) is 0 Å². The van der Waals surface area contributed by atoms with Crippen LogP contribution in [-0.2, 0) is 0 Å².